The molecular formula is C14H21N3O4. The van der Waals surface area contributed by atoms with Gasteiger partial charge in [-0.15, -0.1) is 0 Å². The Kier molecular flexibility index (Phi) is 7.17. The lowest BCUT2D eigenvalue weighted by atomic mass is 10.1. The number of pyridine rings is 1. The van der Waals surface area contributed by atoms with Crippen LogP contribution in [0.4, 0.5) is 5.82 Å². The zero-order chi connectivity index (χ0) is 15.7. The van der Waals surface area contributed by atoms with E-state index in [2.05, 4.69) is 15.6 Å². The largest absolute Gasteiger partial charge is 0.478 e. The van der Waals surface area contributed by atoms with Gasteiger partial charge in [0.2, 0.25) is 5.91 Å². The molecule has 0 aliphatic carbocycles. The first-order valence-corrected chi connectivity index (χ1v) is 6.80. The van der Waals surface area contributed by atoms with Gasteiger partial charge in [-0.05, 0) is 18.6 Å². The maximum Gasteiger partial charge on any atom is 0.335 e. The lowest BCUT2D eigenvalue weighted by Crippen LogP contribution is -2.32. The number of amides is 1. The zero-order valence-electron chi connectivity index (χ0n) is 12.3. The van der Waals surface area contributed by atoms with E-state index in [9.17, 15) is 9.59 Å². The van der Waals surface area contributed by atoms with Crippen LogP contribution in [-0.2, 0) is 16.0 Å². The van der Waals surface area contributed by atoms with Crippen molar-refractivity contribution in [1.82, 2.24) is 10.3 Å². The first-order chi connectivity index (χ1) is 10.1. The molecule has 0 fully saturated rings. The van der Waals surface area contributed by atoms with Gasteiger partial charge >= 0.3 is 5.97 Å². The van der Waals surface area contributed by atoms with Crippen molar-refractivity contribution in [3.63, 3.8) is 0 Å². The van der Waals surface area contributed by atoms with Crippen molar-refractivity contribution in [2.24, 2.45) is 0 Å². The predicted octanol–water partition coefficient (Wildman–Crippen LogP) is 0.907. The first kappa shape index (κ1) is 16.9. The molecule has 1 rings (SSSR count). The summed E-state index contributed by atoms with van der Waals surface area (Å²) < 4.78 is 4.83. The van der Waals surface area contributed by atoms with Gasteiger partial charge in [0.25, 0.3) is 0 Å². The highest BCUT2D eigenvalue weighted by atomic mass is 16.5. The molecule has 0 radical (unpaired) electrons. The van der Waals surface area contributed by atoms with Crippen LogP contribution >= 0.6 is 0 Å². The number of aromatic carboxylic acids is 1. The Bertz CT molecular complexity index is 491. The van der Waals surface area contributed by atoms with Gasteiger partial charge in [-0.3, -0.25) is 4.79 Å². The minimum absolute atomic E-state index is 0.0331. The van der Waals surface area contributed by atoms with Gasteiger partial charge in [0.1, 0.15) is 5.82 Å². The van der Waals surface area contributed by atoms with Crippen molar-refractivity contribution >= 4 is 17.7 Å². The molecule has 0 unspecified atom stereocenters. The molecule has 0 aliphatic heterocycles. The highest BCUT2D eigenvalue weighted by Gasteiger charge is 2.09. The van der Waals surface area contributed by atoms with Crippen LogP contribution in [-0.4, -0.2) is 48.8 Å². The fourth-order valence-corrected chi connectivity index (χ4v) is 1.71. The maximum atomic E-state index is 11.5. The second-order valence-electron chi connectivity index (χ2n) is 4.48. The van der Waals surface area contributed by atoms with Gasteiger partial charge in [0, 0.05) is 19.3 Å². The van der Waals surface area contributed by atoms with Crippen LogP contribution in [0.3, 0.4) is 0 Å². The molecule has 0 saturated heterocycles. The summed E-state index contributed by atoms with van der Waals surface area (Å²) in [4.78, 5) is 26.9. The average Bonchev–Trinajstić information content (AvgIpc) is 2.45. The van der Waals surface area contributed by atoms with E-state index >= 15 is 0 Å². The number of carbonyl (C=O) groups is 2. The average molecular weight is 295 g/mol. The summed E-state index contributed by atoms with van der Waals surface area (Å²) in [6.07, 6.45) is 1.56. The standard InChI is InChI=1S/C14H21N3O4/c1-3-4-11-7-10(14(19)20)8-12(17-11)16-9-13(18)15-5-6-21-2/h7-8H,3-6,9H2,1-2H3,(H,15,18)(H,16,17)(H,19,20). The van der Waals surface area contributed by atoms with E-state index in [-0.39, 0.29) is 18.0 Å². The Balaban J connectivity index is 2.64. The molecule has 7 heteroatoms. The molecule has 7 nitrogen and oxygen atoms in total. The fourth-order valence-electron chi connectivity index (χ4n) is 1.71. The smallest absolute Gasteiger partial charge is 0.335 e. The molecule has 0 spiro atoms. The van der Waals surface area contributed by atoms with Crippen LogP contribution < -0.4 is 10.6 Å². The summed E-state index contributed by atoms with van der Waals surface area (Å²) in [6.45, 7) is 2.90. The van der Waals surface area contributed by atoms with E-state index in [1.807, 2.05) is 6.92 Å². The van der Waals surface area contributed by atoms with Gasteiger partial charge in [-0.2, -0.15) is 0 Å². The van der Waals surface area contributed by atoms with Gasteiger partial charge in [0.05, 0.1) is 18.7 Å². The number of nitrogens with zero attached hydrogens (tertiary/aromatic N) is 1. The van der Waals surface area contributed by atoms with Gasteiger partial charge in [-0.1, -0.05) is 13.3 Å². The number of rotatable bonds is 9. The number of carboxylic acids is 1. The van der Waals surface area contributed by atoms with Crippen LogP contribution in [0.15, 0.2) is 12.1 Å². The highest BCUT2D eigenvalue weighted by Crippen LogP contribution is 2.12. The van der Waals surface area contributed by atoms with E-state index in [0.717, 1.165) is 6.42 Å². The monoisotopic (exact) mass is 295 g/mol. The number of carbonyl (C=O) groups excluding carboxylic acids is 1. The minimum Gasteiger partial charge on any atom is -0.478 e. The van der Waals surface area contributed by atoms with Crippen LogP contribution in [0.25, 0.3) is 0 Å². The quantitative estimate of drug-likeness (QED) is 0.585. The number of aromatic nitrogens is 1. The van der Waals surface area contributed by atoms with E-state index in [0.29, 0.717) is 31.1 Å². The summed E-state index contributed by atoms with van der Waals surface area (Å²) >= 11 is 0. The lowest BCUT2D eigenvalue weighted by Gasteiger charge is -2.09. The van der Waals surface area contributed by atoms with Crippen molar-refractivity contribution in [3.8, 4) is 0 Å². The van der Waals surface area contributed by atoms with E-state index in [1.54, 1.807) is 13.2 Å². The number of carboxylic acid groups (broad SMARTS) is 1. The van der Waals surface area contributed by atoms with Gasteiger partial charge < -0.3 is 20.5 Å². The molecule has 0 saturated carbocycles. The van der Waals surface area contributed by atoms with Crippen molar-refractivity contribution in [1.29, 1.82) is 0 Å². The zero-order valence-corrected chi connectivity index (χ0v) is 12.3. The third-order valence-corrected chi connectivity index (χ3v) is 2.69. The van der Waals surface area contributed by atoms with E-state index in [1.165, 1.54) is 6.07 Å². The van der Waals surface area contributed by atoms with E-state index in [4.69, 9.17) is 9.84 Å². The van der Waals surface area contributed by atoms with Crippen LogP contribution in [0.5, 0.6) is 0 Å². The van der Waals surface area contributed by atoms with Crippen LogP contribution in [0, 0.1) is 0 Å². The molecule has 1 heterocycles. The highest BCUT2D eigenvalue weighted by molar-refractivity contribution is 5.89. The SMILES string of the molecule is CCCc1cc(C(=O)O)cc(NCC(=O)NCCOC)n1. The first-order valence-electron chi connectivity index (χ1n) is 6.80. The molecule has 1 amide bonds. The van der Waals surface area contributed by atoms with E-state index < -0.39 is 5.97 Å². The number of aryl methyl sites for hydroxylation is 1. The molecule has 0 aromatic carbocycles. The Labute approximate surface area is 123 Å². The maximum absolute atomic E-state index is 11.5. The number of hydrogen-bond donors (Lipinski definition) is 3. The normalized spacial score (nSPS) is 10.2. The minimum atomic E-state index is -1.01. The lowest BCUT2D eigenvalue weighted by molar-refractivity contribution is -0.119. The molecule has 0 atom stereocenters. The van der Waals surface area contributed by atoms with Crippen molar-refractivity contribution < 1.29 is 19.4 Å². The molecule has 116 valence electrons. The number of ether oxygens (including phenoxy) is 1. The molecule has 1 aromatic rings. The number of methoxy groups -OCH3 is 1. The summed E-state index contributed by atoms with van der Waals surface area (Å²) in [7, 11) is 1.56. The van der Waals surface area contributed by atoms with Gasteiger partial charge in [0.15, 0.2) is 0 Å². The Morgan fingerprint density at radius 1 is 1.38 bits per heavy atom. The van der Waals surface area contributed by atoms with Crippen molar-refractivity contribution in [3.05, 3.63) is 23.4 Å². The number of nitrogens with one attached hydrogen (secondary N) is 2. The second-order valence-corrected chi connectivity index (χ2v) is 4.48. The molecular weight excluding hydrogens is 274 g/mol. The molecule has 1 aromatic heterocycles. The number of anilines is 1. The second kappa shape index (κ2) is 8.91. The van der Waals surface area contributed by atoms with Crippen molar-refractivity contribution in [2.45, 2.75) is 19.8 Å². The predicted molar refractivity (Wildman–Crippen MR) is 78.6 cm³/mol. The fraction of sp³-hybridized carbons (Fsp3) is 0.500. The van der Waals surface area contributed by atoms with Crippen LogP contribution in [0.1, 0.15) is 29.4 Å². The summed E-state index contributed by atoms with van der Waals surface area (Å²) in [5, 5.41) is 14.6. The summed E-state index contributed by atoms with van der Waals surface area (Å²) in [5.41, 5.74) is 0.857. The summed E-state index contributed by atoms with van der Waals surface area (Å²) in [6, 6.07) is 2.97. The third-order valence-electron chi connectivity index (χ3n) is 2.69. The van der Waals surface area contributed by atoms with Gasteiger partial charge in [-0.25, -0.2) is 9.78 Å². The molecule has 0 bridgehead atoms. The third kappa shape index (κ3) is 6.22. The molecule has 3 N–H and O–H groups in total. The Morgan fingerprint density at radius 3 is 2.76 bits per heavy atom. The Hall–Kier alpha value is -2.15. The summed E-state index contributed by atoms with van der Waals surface area (Å²) in [5.74, 6) is -0.825. The molecule has 0 aliphatic rings. The Morgan fingerprint density at radius 2 is 2.14 bits per heavy atom. The number of hydrogen-bond acceptors (Lipinski definition) is 5. The molecule has 21 heavy (non-hydrogen) atoms. The topological polar surface area (TPSA) is 101 Å². The van der Waals surface area contributed by atoms with Crippen molar-refractivity contribution in [2.75, 3.05) is 32.1 Å². The van der Waals surface area contributed by atoms with Crippen LogP contribution in [0.2, 0.25) is 0 Å².